The Labute approximate surface area is 190 Å². The minimum Gasteiger partial charge on any atom is -0.497 e. The number of benzene rings is 2. The van der Waals surface area contributed by atoms with E-state index in [9.17, 15) is 14.9 Å². The van der Waals surface area contributed by atoms with E-state index in [1.807, 2.05) is 24.3 Å². The van der Waals surface area contributed by atoms with Crippen LogP contribution in [-0.4, -0.2) is 28.0 Å². The number of aromatic amines is 1. The summed E-state index contributed by atoms with van der Waals surface area (Å²) in [6.07, 6.45) is 1.22. The quantitative estimate of drug-likeness (QED) is 0.423. The molecule has 0 saturated carbocycles. The number of hydrogen-bond acceptors (Lipinski definition) is 6. The predicted octanol–water partition coefficient (Wildman–Crippen LogP) is 5.19. The number of anilines is 1. The van der Waals surface area contributed by atoms with Gasteiger partial charge < -0.3 is 10.1 Å². The lowest BCUT2D eigenvalue weighted by atomic mass is 9.69. The molecule has 1 aliphatic heterocycles. The molecule has 2 N–H and O–H groups in total. The van der Waals surface area contributed by atoms with Crippen LogP contribution >= 0.6 is 0 Å². The van der Waals surface area contributed by atoms with Gasteiger partial charge in [-0.15, -0.1) is 0 Å². The fourth-order valence-corrected chi connectivity index (χ4v) is 4.90. The lowest BCUT2D eigenvalue weighted by Gasteiger charge is -2.38. The van der Waals surface area contributed by atoms with Crippen molar-refractivity contribution in [3.05, 3.63) is 81.0 Å². The van der Waals surface area contributed by atoms with E-state index in [1.165, 1.54) is 12.1 Å². The second-order valence-corrected chi connectivity index (χ2v) is 9.33. The number of aromatic nitrogens is 2. The molecule has 0 radical (unpaired) electrons. The summed E-state index contributed by atoms with van der Waals surface area (Å²) in [7, 11) is 1.62. The topological polar surface area (TPSA) is 110 Å². The molecule has 0 spiro atoms. The van der Waals surface area contributed by atoms with Crippen LogP contribution < -0.4 is 10.1 Å². The number of ether oxygens (including phenoxy) is 1. The molecule has 8 nitrogen and oxygen atoms in total. The first-order valence-electron chi connectivity index (χ1n) is 10.8. The third kappa shape index (κ3) is 3.57. The molecule has 168 valence electrons. The van der Waals surface area contributed by atoms with Crippen LogP contribution in [-0.2, 0) is 4.79 Å². The lowest BCUT2D eigenvalue weighted by Crippen LogP contribution is -2.33. The molecule has 0 saturated heterocycles. The number of H-pyrrole nitrogens is 1. The maximum atomic E-state index is 13.4. The van der Waals surface area contributed by atoms with Crippen molar-refractivity contribution in [2.45, 2.75) is 32.6 Å². The number of allylic oxidation sites excluding steroid dienone is 2. The average molecular weight is 444 g/mol. The summed E-state index contributed by atoms with van der Waals surface area (Å²) < 4.78 is 5.32. The Kier molecular flexibility index (Phi) is 4.81. The van der Waals surface area contributed by atoms with Gasteiger partial charge in [0.25, 0.3) is 5.69 Å². The Hall–Kier alpha value is -3.94. The zero-order valence-electron chi connectivity index (χ0n) is 18.6. The third-order valence-electron chi connectivity index (χ3n) is 6.39. The number of methoxy groups -OCH3 is 1. The molecular formula is C25H24N4O4. The Bertz CT molecular complexity index is 1290. The maximum Gasteiger partial charge on any atom is 0.269 e. The highest BCUT2D eigenvalue weighted by Gasteiger charge is 2.42. The minimum atomic E-state index is -0.423. The van der Waals surface area contributed by atoms with Gasteiger partial charge in [0.05, 0.1) is 17.7 Å². The molecule has 2 heterocycles. The van der Waals surface area contributed by atoms with Gasteiger partial charge in [-0.3, -0.25) is 20.0 Å². The molecule has 1 aliphatic carbocycles. The monoisotopic (exact) mass is 444 g/mol. The van der Waals surface area contributed by atoms with Crippen LogP contribution in [0.5, 0.6) is 5.75 Å². The SMILES string of the molecule is COc1ccc(C2C3=C(CC(C)(C)CC3=O)Nc3n[nH]c(-c4ccc([N+](=O)[O-])cc4)c32)cc1. The van der Waals surface area contributed by atoms with Crippen LogP contribution in [0, 0.1) is 15.5 Å². The third-order valence-corrected chi connectivity index (χ3v) is 6.39. The van der Waals surface area contributed by atoms with Gasteiger partial charge >= 0.3 is 0 Å². The Balaban J connectivity index is 1.69. The highest BCUT2D eigenvalue weighted by Crippen LogP contribution is 2.51. The van der Waals surface area contributed by atoms with E-state index in [-0.39, 0.29) is 22.8 Å². The Morgan fingerprint density at radius 1 is 1.09 bits per heavy atom. The Morgan fingerprint density at radius 3 is 2.42 bits per heavy atom. The van der Waals surface area contributed by atoms with Crippen molar-refractivity contribution in [2.24, 2.45) is 5.41 Å². The van der Waals surface area contributed by atoms with Gasteiger partial charge in [0, 0.05) is 46.9 Å². The van der Waals surface area contributed by atoms with Gasteiger partial charge in [-0.2, -0.15) is 5.10 Å². The zero-order chi connectivity index (χ0) is 23.3. The molecule has 0 fully saturated rings. The molecule has 3 aromatic rings. The van der Waals surface area contributed by atoms with Crippen molar-refractivity contribution in [1.82, 2.24) is 10.2 Å². The van der Waals surface area contributed by atoms with Crippen molar-refractivity contribution in [2.75, 3.05) is 12.4 Å². The summed E-state index contributed by atoms with van der Waals surface area (Å²) >= 11 is 0. The van der Waals surface area contributed by atoms with Crippen LogP contribution in [0.3, 0.4) is 0 Å². The number of hydrogen-bond donors (Lipinski definition) is 2. The smallest absolute Gasteiger partial charge is 0.269 e. The number of nitrogens with zero attached hydrogens (tertiary/aromatic N) is 2. The number of carbonyl (C=O) groups is 1. The highest BCUT2D eigenvalue weighted by molar-refractivity contribution is 6.02. The van der Waals surface area contributed by atoms with E-state index in [1.54, 1.807) is 19.2 Å². The second-order valence-electron chi connectivity index (χ2n) is 9.33. The van der Waals surface area contributed by atoms with Gasteiger partial charge in [0.15, 0.2) is 11.6 Å². The van der Waals surface area contributed by atoms with E-state index < -0.39 is 4.92 Å². The molecule has 0 bridgehead atoms. The van der Waals surface area contributed by atoms with Gasteiger partial charge in [0.1, 0.15) is 5.75 Å². The second kappa shape index (κ2) is 7.58. The summed E-state index contributed by atoms with van der Waals surface area (Å²) in [6.45, 7) is 4.20. The van der Waals surface area contributed by atoms with Crippen LogP contribution in [0.15, 0.2) is 59.8 Å². The molecule has 33 heavy (non-hydrogen) atoms. The molecule has 5 rings (SSSR count). The number of nitrogens with one attached hydrogen (secondary N) is 2. The first kappa shape index (κ1) is 20.9. The first-order valence-corrected chi connectivity index (χ1v) is 10.8. The van der Waals surface area contributed by atoms with Gasteiger partial charge in [-0.25, -0.2) is 0 Å². The lowest BCUT2D eigenvalue weighted by molar-refractivity contribution is -0.384. The summed E-state index contributed by atoms with van der Waals surface area (Å²) in [4.78, 5) is 24.1. The molecule has 8 heteroatoms. The Morgan fingerprint density at radius 2 is 1.79 bits per heavy atom. The normalized spacial score (nSPS) is 18.9. The summed E-state index contributed by atoms with van der Waals surface area (Å²) in [5.41, 5.74) is 4.88. The highest BCUT2D eigenvalue weighted by atomic mass is 16.6. The van der Waals surface area contributed by atoms with Crippen molar-refractivity contribution < 1.29 is 14.5 Å². The minimum absolute atomic E-state index is 0.0200. The van der Waals surface area contributed by atoms with Crippen molar-refractivity contribution >= 4 is 17.3 Å². The standard InChI is InChI=1S/C25H24N4O4/c1-25(2)12-18-21(19(30)13-25)20(14-6-10-17(33-3)11-7-14)22-23(27-28-24(22)26-18)15-4-8-16(9-5-15)29(31)32/h4-11,20H,12-13H2,1-3H3,(H2,26,27,28). The number of non-ortho nitro benzene ring substituents is 1. The number of nitro benzene ring substituents is 1. The molecule has 1 aromatic heterocycles. The van der Waals surface area contributed by atoms with Crippen LogP contribution in [0.1, 0.15) is 43.7 Å². The van der Waals surface area contributed by atoms with E-state index in [0.29, 0.717) is 12.2 Å². The van der Waals surface area contributed by atoms with E-state index in [0.717, 1.165) is 45.8 Å². The number of Topliss-reactive ketones (excluding diaryl/α,β-unsaturated/α-hetero) is 1. The van der Waals surface area contributed by atoms with Crippen molar-refractivity contribution in [1.29, 1.82) is 0 Å². The molecule has 2 aliphatic rings. The number of ketones is 1. The number of carbonyl (C=O) groups excluding carboxylic acids is 1. The first-order chi connectivity index (χ1) is 15.8. The number of nitro groups is 1. The van der Waals surface area contributed by atoms with Gasteiger partial charge in [-0.05, 0) is 41.7 Å². The summed E-state index contributed by atoms with van der Waals surface area (Å²) in [5.74, 6) is 1.22. The van der Waals surface area contributed by atoms with E-state index in [4.69, 9.17) is 4.74 Å². The number of rotatable bonds is 4. The van der Waals surface area contributed by atoms with E-state index in [2.05, 4.69) is 29.4 Å². The van der Waals surface area contributed by atoms with E-state index >= 15 is 0 Å². The van der Waals surface area contributed by atoms with Crippen LogP contribution in [0.4, 0.5) is 11.5 Å². The number of fused-ring (bicyclic) bond motifs is 1. The molecule has 2 aromatic carbocycles. The largest absolute Gasteiger partial charge is 0.497 e. The van der Waals surface area contributed by atoms with Crippen molar-refractivity contribution in [3.8, 4) is 17.0 Å². The molecular weight excluding hydrogens is 420 g/mol. The fourth-order valence-electron chi connectivity index (χ4n) is 4.90. The van der Waals surface area contributed by atoms with Crippen LogP contribution in [0.2, 0.25) is 0 Å². The molecule has 1 atom stereocenters. The predicted molar refractivity (Wildman–Crippen MR) is 124 cm³/mol. The summed E-state index contributed by atoms with van der Waals surface area (Å²) in [5, 5.41) is 22.1. The summed E-state index contributed by atoms with van der Waals surface area (Å²) in [6, 6.07) is 14.1. The fraction of sp³-hybridized carbons (Fsp3) is 0.280. The van der Waals surface area contributed by atoms with Gasteiger partial charge in [-0.1, -0.05) is 26.0 Å². The maximum absolute atomic E-state index is 13.4. The zero-order valence-corrected chi connectivity index (χ0v) is 18.6. The average Bonchev–Trinajstić information content (AvgIpc) is 3.20. The van der Waals surface area contributed by atoms with Crippen molar-refractivity contribution in [3.63, 3.8) is 0 Å². The van der Waals surface area contributed by atoms with Gasteiger partial charge in [0.2, 0.25) is 0 Å². The molecule has 1 unspecified atom stereocenters. The van der Waals surface area contributed by atoms with Crippen LogP contribution in [0.25, 0.3) is 11.3 Å². The molecule has 0 amide bonds.